The van der Waals surface area contributed by atoms with E-state index in [1.165, 1.54) is 0 Å². The highest BCUT2D eigenvalue weighted by molar-refractivity contribution is 5.16. The maximum atomic E-state index is 2.18. The van der Waals surface area contributed by atoms with Crippen LogP contribution in [0.5, 0.6) is 0 Å². The molecule has 0 aromatic heterocycles. The van der Waals surface area contributed by atoms with Crippen molar-refractivity contribution in [2.24, 2.45) is 0 Å². The van der Waals surface area contributed by atoms with Gasteiger partial charge in [0.2, 0.25) is 0 Å². The van der Waals surface area contributed by atoms with Gasteiger partial charge in [-0.25, -0.2) is 0 Å². The summed E-state index contributed by atoms with van der Waals surface area (Å²) >= 11 is 0. The van der Waals surface area contributed by atoms with Gasteiger partial charge in [-0.05, 0) is 12.8 Å². The van der Waals surface area contributed by atoms with Crippen molar-refractivity contribution in [3.63, 3.8) is 0 Å². The molecule has 0 spiro atoms. The molecule has 1 rings (SSSR count). The molecule has 0 saturated heterocycles. The second-order valence-electron chi connectivity index (χ2n) is 2.57. The average molecular weight is 158 g/mol. The summed E-state index contributed by atoms with van der Waals surface area (Å²) in [4.78, 5) is 0. The first kappa shape index (κ1) is 8.79. The number of hydrogen-bond acceptors (Lipinski definition) is 0. The van der Waals surface area contributed by atoms with E-state index in [-0.39, 0.29) is 0 Å². The molecule has 0 radical (unpaired) electrons. The Balaban J connectivity index is 2.55. The predicted octanol–water partition coefficient (Wildman–Crippen LogP) is 3.56. The quantitative estimate of drug-likeness (QED) is 0.473. The fraction of sp³-hybridized carbons (Fsp3) is 0.167. The first-order chi connectivity index (χ1) is 6.00. The van der Waals surface area contributed by atoms with Gasteiger partial charge in [0, 0.05) is 0 Å². The van der Waals surface area contributed by atoms with E-state index in [1.807, 2.05) is 24.3 Å². The summed E-state index contributed by atoms with van der Waals surface area (Å²) in [5.41, 5.74) is 0. The molecule has 1 aliphatic rings. The van der Waals surface area contributed by atoms with Gasteiger partial charge < -0.3 is 0 Å². The number of rotatable bonds is 0. The summed E-state index contributed by atoms with van der Waals surface area (Å²) in [6, 6.07) is 0. The van der Waals surface area contributed by atoms with Crippen molar-refractivity contribution in [3.05, 3.63) is 60.8 Å². The van der Waals surface area contributed by atoms with E-state index in [9.17, 15) is 0 Å². The third-order valence-corrected chi connectivity index (χ3v) is 1.54. The minimum Gasteiger partial charge on any atom is -0.0844 e. The standard InChI is InChI=1S/C12H14/c1-2-4-6-8-10-12-11-9-7-5-3-1/h1-8,11-12H,9-10H2/b3-1+,4-2?,7-5+,8-6?,12-11+. The van der Waals surface area contributed by atoms with E-state index >= 15 is 0 Å². The Labute approximate surface area is 74.3 Å². The van der Waals surface area contributed by atoms with Crippen molar-refractivity contribution in [2.45, 2.75) is 12.8 Å². The van der Waals surface area contributed by atoms with Crippen molar-refractivity contribution in [2.75, 3.05) is 0 Å². The van der Waals surface area contributed by atoms with Crippen LogP contribution in [0.2, 0.25) is 0 Å². The van der Waals surface area contributed by atoms with Crippen LogP contribution in [0.25, 0.3) is 0 Å². The van der Waals surface area contributed by atoms with E-state index in [4.69, 9.17) is 0 Å². The van der Waals surface area contributed by atoms with Gasteiger partial charge in [0.15, 0.2) is 0 Å². The maximum absolute atomic E-state index is 2.18. The monoisotopic (exact) mass is 158 g/mol. The molecule has 62 valence electrons. The van der Waals surface area contributed by atoms with Crippen LogP contribution in [0.4, 0.5) is 0 Å². The zero-order chi connectivity index (χ0) is 8.49. The largest absolute Gasteiger partial charge is 0.0844 e. The lowest BCUT2D eigenvalue weighted by Gasteiger charge is -1.83. The summed E-state index contributed by atoms with van der Waals surface area (Å²) in [7, 11) is 0. The minimum absolute atomic E-state index is 1.03. The van der Waals surface area contributed by atoms with Crippen LogP contribution in [0.3, 0.4) is 0 Å². The molecular formula is C12H14. The number of hydrogen-bond donors (Lipinski definition) is 0. The van der Waals surface area contributed by atoms with Gasteiger partial charge in [0.1, 0.15) is 0 Å². The van der Waals surface area contributed by atoms with Crippen LogP contribution >= 0.6 is 0 Å². The Morgan fingerprint density at radius 2 is 0.833 bits per heavy atom. The lowest BCUT2D eigenvalue weighted by molar-refractivity contribution is 1.31. The van der Waals surface area contributed by atoms with Gasteiger partial charge in [-0.3, -0.25) is 0 Å². The zero-order valence-electron chi connectivity index (χ0n) is 7.19. The molecule has 0 unspecified atom stereocenters. The summed E-state index contributed by atoms with van der Waals surface area (Å²) in [5.74, 6) is 0. The second kappa shape index (κ2) is 6.41. The van der Waals surface area contributed by atoms with Crippen LogP contribution in [0.15, 0.2) is 60.8 Å². The van der Waals surface area contributed by atoms with Crippen molar-refractivity contribution in [1.82, 2.24) is 0 Å². The fourth-order valence-electron chi connectivity index (χ4n) is 0.920. The van der Waals surface area contributed by atoms with E-state index in [2.05, 4.69) is 36.5 Å². The van der Waals surface area contributed by atoms with Crippen LogP contribution < -0.4 is 0 Å². The topological polar surface area (TPSA) is 0 Å². The normalized spacial score (nSPS) is 25.3. The Hall–Kier alpha value is -1.30. The first-order valence-corrected chi connectivity index (χ1v) is 4.30. The third-order valence-electron chi connectivity index (χ3n) is 1.54. The molecule has 0 aromatic carbocycles. The minimum atomic E-state index is 1.03. The molecule has 1 aliphatic carbocycles. The average Bonchev–Trinajstić information content (AvgIpc) is 2.05. The lowest BCUT2D eigenvalue weighted by atomic mass is 10.2. The van der Waals surface area contributed by atoms with Gasteiger partial charge in [0.05, 0.1) is 0 Å². The second-order valence-corrected chi connectivity index (χ2v) is 2.57. The molecule has 0 heterocycles. The van der Waals surface area contributed by atoms with Crippen LogP contribution in [0, 0.1) is 0 Å². The highest BCUT2D eigenvalue weighted by Gasteiger charge is 1.72. The van der Waals surface area contributed by atoms with Crippen molar-refractivity contribution >= 4 is 0 Å². The molecular weight excluding hydrogens is 144 g/mol. The zero-order valence-corrected chi connectivity index (χ0v) is 7.19. The van der Waals surface area contributed by atoms with Gasteiger partial charge in [-0.15, -0.1) is 0 Å². The SMILES string of the molecule is C1=C/C=C/C=C/C/C=C/CC=C1. The summed E-state index contributed by atoms with van der Waals surface area (Å²) in [6.07, 6.45) is 23.0. The predicted molar refractivity (Wildman–Crippen MR) is 54.9 cm³/mol. The van der Waals surface area contributed by atoms with E-state index in [1.54, 1.807) is 0 Å². The molecule has 0 amide bonds. The highest BCUT2D eigenvalue weighted by Crippen LogP contribution is 1.93. The molecule has 0 aliphatic heterocycles. The fourth-order valence-corrected chi connectivity index (χ4v) is 0.920. The van der Waals surface area contributed by atoms with Gasteiger partial charge in [-0.1, -0.05) is 60.8 Å². The molecule has 0 heteroatoms. The molecule has 0 aromatic rings. The Kier molecular flexibility index (Phi) is 4.70. The molecule has 0 nitrogen and oxygen atoms in total. The third kappa shape index (κ3) is 4.51. The van der Waals surface area contributed by atoms with Crippen molar-refractivity contribution < 1.29 is 0 Å². The molecule has 0 N–H and O–H groups in total. The van der Waals surface area contributed by atoms with E-state index in [0.29, 0.717) is 0 Å². The molecule has 0 fully saturated rings. The Bertz CT molecular complexity index is 211. The van der Waals surface area contributed by atoms with Gasteiger partial charge in [-0.2, -0.15) is 0 Å². The molecule has 0 atom stereocenters. The van der Waals surface area contributed by atoms with Crippen molar-refractivity contribution in [3.8, 4) is 0 Å². The van der Waals surface area contributed by atoms with Gasteiger partial charge >= 0.3 is 0 Å². The van der Waals surface area contributed by atoms with Crippen LogP contribution in [-0.4, -0.2) is 0 Å². The molecule has 0 saturated carbocycles. The first-order valence-electron chi connectivity index (χ1n) is 4.30. The summed E-state index contributed by atoms with van der Waals surface area (Å²) < 4.78 is 0. The highest BCUT2D eigenvalue weighted by atomic mass is 13.8. The summed E-state index contributed by atoms with van der Waals surface area (Å²) in [5, 5.41) is 0. The Morgan fingerprint density at radius 3 is 1.33 bits per heavy atom. The molecule has 0 bridgehead atoms. The van der Waals surface area contributed by atoms with Crippen molar-refractivity contribution in [1.29, 1.82) is 0 Å². The Morgan fingerprint density at radius 1 is 0.417 bits per heavy atom. The smallest absolute Gasteiger partial charge is 0.0166 e. The lowest BCUT2D eigenvalue weighted by Crippen LogP contribution is -1.62. The van der Waals surface area contributed by atoms with Gasteiger partial charge in [0.25, 0.3) is 0 Å². The maximum Gasteiger partial charge on any atom is -0.0166 e. The van der Waals surface area contributed by atoms with Crippen LogP contribution in [0.1, 0.15) is 12.8 Å². The number of allylic oxidation sites excluding steroid dienone is 10. The summed E-state index contributed by atoms with van der Waals surface area (Å²) in [6.45, 7) is 0. The molecule has 12 heavy (non-hydrogen) atoms. The van der Waals surface area contributed by atoms with Crippen LogP contribution in [-0.2, 0) is 0 Å². The van der Waals surface area contributed by atoms with E-state index in [0.717, 1.165) is 12.8 Å². The van der Waals surface area contributed by atoms with E-state index < -0.39 is 0 Å².